The fraction of sp³-hybridized carbons (Fsp3) is 0.571. The lowest BCUT2D eigenvalue weighted by atomic mass is 9.90. The number of rotatable bonds is 2. The van der Waals surface area contributed by atoms with Crippen molar-refractivity contribution in [1.29, 1.82) is 0 Å². The van der Waals surface area contributed by atoms with Crippen molar-refractivity contribution in [2.45, 2.75) is 38.5 Å². The van der Waals surface area contributed by atoms with Crippen molar-refractivity contribution in [1.82, 2.24) is 0 Å². The maximum absolute atomic E-state index is 5.38. The summed E-state index contributed by atoms with van der Waals surface area (Å²) in [5.41, 5.74) is 2.92. The minimum atomic E-state index is 0.633. The molecule has 1 aliphatic heterocycles. The van der Waals surface area contributed by atoms with Crippen LogP contribution in [0.3, 0.4) is 0 Å². The molecule has 0 atom stereocenters. The third-order valence-electron chi connectivity index (χ3n) is 3.30. The summed E-state index contributed by atoms with van der Waals surface area (Å²) >= 11 is 0. The molecule has 15 heavy (non-hydrogen) atoms. The first-order valence-corrected chi connectivity index (χ1v) is 5.95. The molecule has 1 heterocycles. The minimum Gasteiger partial charge on any atom is -0.381 e. The topological polar surface area (TPSA) is 9.23 Å². The summed E-state index contributed by atoms with van der Waals surface area (Å²) in [6.07, 6.45) is 2.36. The van der Waals surface area contributed by atoms with Crippen molar-refractivity contribution in [3.05, 3.63) is 35.4 Å². The Hall–Kier alpha value is -0.820. The second-order valence-corrected chi connectivity index (χ2v) is 4.71. The predicted octanol–water partition coefficient (Wildman–Crippen LogP) is 3.70. The Balaban J connectivity index is 2.08. The molecular weight excluding hydrogens is 184 g/mol. The SMILES string of the molecule is CC(C)c1ccc(C2CCOCC2)cc1. The van der Waals surface area contributed by atoms with Crippen LogP contribution in [0, 0.1) is 0 Å². The van der Waals surface area contributed by atoms with Gasteiger partial charge in [0.1, 0.15) is 0 Å². The van der Waals surface area contributed by atoms with E-state index in [-0.39, 0.29) is 0 Å². The highest BCUT2D eigenvalue weighted by molar-refractivity contribution is 5.27. The molecule has 1 aliphatic rings. The van der Waals surface area contributed by atoms with E-state index in [0.717, 1.165) is 19.1 Å². The highest BCUT2D eigenvalue weighted by atomic mass is 16.5. The lowest BCUT2D eigenvalue weighted by Crippen LogP contribution is -2.13. The van der Waals surface area contributed by atoms with Gasteiger partial charge < -0.3 is 4.74 Å². The third-order valence-corrected chi connectivity index (χ3v) is 3.30. The molecule has 0 aliphatic carbocycles. The predicted molar refractivity (Wildman–Crippen MR) is 63.3 cm³/mol. The van der Waals surface area contributed by atoms with Crippen LogP contribution in [0.15, 0.2) is 24.3 Å². The quantitative estimate of drug-likeness (QED) is 0.713. The normalized spacial score (nSPS) is 18.3. The van der Waals surface area contributed by atoms with Gasteiger partial charge in [0.25, 0.3) is 0 Å². The van der Waals surface area contributed by atoms with E-state index in [1.807, 2.05) is 0 Å². The molecule has 1 fully saturated rings. The minimum absolute atomic E-state index is 0.633. The number of hydrogen-bond acceptors (Lipinski definition) is 1. The molecule has 1 aromatic rings. The summed E-state index contributed by atoms with van der Waals surface area (Å²) in [4.78, 5) is 0. The van der Waals surface area contributed by atoms with Gasteiger partial charge >= 0.3 is 0 Å². The largest absolute Gasteiger partial charge is 0.381 e. The van der Waals surface area contributed by atoms with E-state index in [0.29, 0.717) is 5.92 Å². The van der Waals surface area contributed by atoms with Gasteiger partial charge in [0.05, 0.1) is 0 Å². The molecule has 0 aromatic heterocycles. The summed E-state index contributed by atoms with van der Waals surface area (Å²) in [7, 11) is 0. The van der Waals surface area contributed by atoms with E-state index in [4.69, 9.17) is 4.74 Å². The van der Waals surface area contributed by atoms with E-state index in [1.54, 1.807) is 0 Å². The molecule has 82 valence electrons. The van der Waals surface area contributed by atoms with E-state index in [1.165, 1.54) is 24.0 Å². The van der Waals surface area contributed by atoms with Crippen LogP contribution in [-0.4, -0.2) is 13.2 Å². The van der Waals surface area contributed by atoms with Crippen LogP contribution in [-0.2, 0) is 4.74 Å². The van der Waals surface area contributed by atoms with Gasteiger partial charge in [0.15, 0.2) is 0 Å². The fourth-order valence-corrected chi connectivity index (χ4v) is 2.18. The van der Waals surface area contributed by atoms with Crippen LogP contribution in [0.5, 0.6) is 0 Å². The second-order valence-electron chi connectivity index (χ2n) is 4.71. The van der Waals surface area contributed by atoms with E-state index < -0.39 is 0 Å². The van der Waals surface area contributed by atoms with Crippen molar-refractivity contribution in [3.8, 4) is 0 Å². The Bertz CT molecular complexity index is 294. The molecule has 0 amide bonds. The van der Waals surface area contributed by atoms with Gasteiger partial charge in [-0.05, 0) is 35.8 Å². The van der Waals surface area contributed by atoms with Crippen molar-refractivity contribution < 1.29 is 4.74 Å². The van der Waals surface area contributed by atoms with Crippen molar-refractivity contribution in [2.24, 2.45) is 0 Å². The van der Waals surface area contributed by atoms with Crippen LogP contribution in [0.2, 0.25) is 0 Å². The monoisotopic (exact) mass is 204 g/mol. The van der Waals surface area contributed by atoms with Gasteiger partial charge in [-0.2, -0.15) is 0 Å². The third kappa shape index (κ3) is 2.60. The van der Waals surface area contributed by atoms with Gasteiger partial charge in [-0.3, -0.25) is 0 Å². The molecule has 2 rings (SSSR count). The Morgan fingerprint density at radius 1 is 1.07 bits per heavy atom. The Labute approximate surface area is 92.5 Å². The van der Waals surface area contributed by atoms with Crippen molar-refractivity contribution >= 4 is 0 Å². The molecule has 0 radical (unpaired) electrons. The van der Waals surface area contributed by atoms with Gasteiger partial charge in [-0.25, -0.2) is 0 Å². The van der Waals surface area contributed by atoms with Crippen LogP contribution in [0.1, 0.15) is 49.7 Å². The number of benzene rings is 1. The molecule has 1 heteroatoms. The highest BCUT2D eigenvalue weighted by Gasteiger charge is 2.15. The Kier molecular flexibility index (Phi) is 3.42. The van der Waals surface area contributed by atoms with E-state index in [9.17, 15) is 0 Å². The summed E-state index contributed by atoms with van der Waals surface area (Å²) in [6, 6.07) is 9.14. The summed E-state index contributed by atoms with van der Waals surface area (Å²) < 4.78 is 5.38. The molecule has 1 nitrogen and oxygen atoms in total. The zero-order valence-corrected chi connectivity index (χ0v) is 9.70. The van der Waals surface area contributed by atoms with Crippen LogP contribution < -0.4 is 0 Å². The van der Waals surface area contributed by atoms with Crippen LogP contribution >= 0.6 is 0 Å². The van der Waals surface area contributed by atoms with Gasteiger partial charge in [-0.1, -0.05) is 38.1 Å². The maximum Gasteiger partial charge on any atom is 0.0471 e. The highest BCUT2D eigenvalue weighted by Crippen LogP contribution is 2.27. The van der Waals surface area contributed by atoms with Crippen LogP contribution in [0.4, 0.5) is 0 Å². The number of ether oxygens (including phenoxy) is 1. The summed E-state index contributed by atoms with van der Waals surface area (Å²) in [5, 5.41) is 0. The average Bonchev–Trinajstić information content (AvgIpc) is 2.30. The average molecular weight is 204 g/mol. The summed E-state index contributed by atoms with van der Waals surface area (Å²) in [5.74, 6) is 1.36. The number of hydrogen-bond donors (Lipinski definition) is 0. The Morgan fingerprint density at radius 3 is 2.20 bits per heavy atom. The molecule has 0 bridgehead atoms. The van der Waals surface area contributed by atoms with Gasteiger partial charge in [0, 0.05) is 13.2 Å². The molecule has 0 saturated carbocycles. The van der Waals surface area contributed by atoms with Crippen LogP contribution in [0.25, 0.3) is 0 Å². The second kappa shape index (κ2) is 4.80. The van der Waals surface area contributed by atoms with E-state index >= 15 is 0 Å². The Morgan fingerprint density at radius 2 is 1.67 bits per heavy atom. The first-order valence-electron chi connectivity index (χ1n) is 5.95. The van der Waals surface area contributed by atoms with Crippen molar-refractivity contribution in [2.75, 3.05) is 13.2 Å². The standard InChI is InChI=1S/C14H20O/c1-11(2)12-3-5-13(6-4-12)14-7-9-15-10-8-14/h3-6,11,14H,7-10H2,1-2H3. The smallest absolute Gasteiger partial charge is 0.0471 e. The van der Waals surface area contributed by atoms with Gasteiger partial charge in [-0.15, -0.1) is 0 Å². The molecule has 0 spiro atoms. The van der Waals surface area contributed by atoms with Crippen molar-refractivity contribution in [3.63, 3.8) is 0 Å². The lowest BCUT2D eigenvalue weighted by Gasteiger charge is -2.22. The molecule has 1 aromatic carbocycles. The zero-order valence-electron chi connectivity index (χ0n) is 9.70. The lowest BCUT2D eigenvalue weighted by molar-refractivity contribution is 0.0853. The maximum atomic E-state index is 5.38. The summed E-state index contributed by atoms with van der Waals surface area (Å²) in [6.45, 7) is 6.33. The van der Waals surface area contributed by atoms with E-state index in [2.05, 4.69) is 38.1 Å². The molecule has 0 unspecified atom stereocenters. The molecule has 1 saturated heterocycles. The first-order chi connectivity index (χ1) is 7.27. The van der Waals surface area contributed by atoms with Gasteiger partial charge in [0.2, 0.25) is 0 Å². The fourth-order valence-electron chi connectivity index (χ4n) is 2.18. The molecular formula is C14H20O. The first kappa shape index (κ1) is 10.7. The molecule has 0 N–H and O–H groups in total. The zero-order chi connectivity index (χ0) is 10.7.